The highest BCUT2D eigenvalue weighted by molar-refractivity contribution is 5.92. The van der Waals surface area contributed by atoms with Crippen molar-refractivity contribution >= 4 is 24.1 Å². The molecule has 0 bridgehead atoms. The average molecular weight is 444 g/mol. The van der Waals surface area contributed by atoms with Crippen molar-refractivity contribution in [3.05, 3.63) is 72.3 Å². The van der Waals surface area contributed by atoms with Gasteiger partial charge < -0.3 is 19.1 Å². The van der Waals surface area contributed by atoms with Crippen LogP contribution in [0, 0.1) is 0 Å². The predicted molar refractivity (Wildman–Crippen MR) is 106 cm³/mol. The van der Waals surface area contributed by atoms with Crippen LogP contribution in [0.15, 0.2) is 60.9 Å². The summed E-state index contributed by atoms with van der Waals surface area (Å²) < 4.78 is 9.60. The van der Waals surface area contributed by atoms with Crippen molar-refractivity contribution in [2.24, 2.45) is 0 Å². The normalized spacial score (nSPS) is 10.1. The van der Waals surface area contributed by atoms with Crippen molar-refractivity contribution in [2.75, 3.05) is 13.2 Å². The second kappa shape index (κ2) is 13.7. The number of nitrogens with zero attached hydrogens (tertiary/aromatic N) is 2. The highest BCUT2D eigenvalue weighted by Gasteiger charge is 2.08. The average Bonchev–Trinajstić information content (AvgIpc) is 2.81. The monoisotopic (exact) mass is 444 g/mol. The van der Waals surface area contributed by atoms with Gasteiger partial charge in [0.05, 0.1) is 13.2 Å². The maximum absolute atomic E-state index is 11.4. The Morgan fingerprint density at radius 1 is 0.719 bits per heavy atom. The zero-order valence-corrected chi connectivity index (χ0v) is 16.8. The van der Waals surface area contributed by atoms with Crippen molar-refractivity contribution in [1.29, 1.82) is 0 Å². The quantitative estimate of drug-likeness (QED) is 0.344. The standard InChI is InChI=1S/C20H20N4O8/c25-17(31-23-19(27)29-13-9-15-5-1-3-11-21-15)7-8-18(26)32-24-20(28)30-14-10-16-6-2-4-12-22-16/h1-8,11-12H,9-10,13-14H2,(H,23,27)(H,24,28)/b8-7-. The maximum atomic E-state index is 11.4. The number of carbonyl (C=O) groups excluding carboxylic acids is 4. The molecular formula is C20H20N4O8. The van der Waals surface area contributed by atoms with Gasteiger partial charge in [-0.05, 0) is 24.3 Å². The summed E-state index contributed by atoms with van der Waals surface area (Å²) in [5.41, 5.74) is 4.95. The fourth-order valence-electron chi connectivity index (χ4n) is 2.04. The summed E-state index contributed by atoms with van der Waals surface area (Å²) in [6, 6.07) is 10.6. The van der Waals surface area contributed by atoms with E-state index in [1.165, 1.54) is 0 Å². The van der Waals surface area contributed by atoms with E-state index >= 15 is 0 Å². The SMILES string of the molecule is O=C(/C=C\C(=O)ONC(=O)OCCc1ccccn1)ONC(=O)OCCc1ccccn1. The van der Waals surface area contributed by atoms with Gasteiger partial charge in [0, 0.05) is 48.8 Å². The third kappa shape index (κ3) is 10.3. The lowest BCUT2D eigenvalue weighted by atomic mass is 10.3. The topological polar surface area (TPSA) is 155 Å². The smallest absolute Gasteiger partial charge is 0.440 e. The molecule has 0 fully saturated rings. The molecule has 0 saturated carbocycles. The molecule has 0 aliphatic rings. The third-order valence-electron chi connectivity index (χ3n) is 3.46. The van der Waals surface area contributed by atoms with Gasteiger partial charge in [-0.1, -0.05) is 12.1 Å². The molecule has 2 heterocycles. The Bertz CT molecular complexity index is 846. The summed E-state index contributed by atoms with van der Waals surface area (Å²) in [6.45, 7) is 0.0401. The van der Waals surface area contributed by atoms with E-state index in [0.717, 1.165) is 11.4 Å². The van der Waals surface area contributed by atoms with E-state index in [0.29, 0.717) is 25.0 Å². The zero-order valence-electron chi connectivity index (χ0n) is 16.8. The van der Waals surface area contributed by atoms with E-state index in [9.17, 15) is 19.2 Å². The van der Waals surface area contributed by atoms with Crippen molar-refractivity contribution < 1.29 is 38.3 Å². The van der Waals surface area contributed by atoms with Crippen LogP contribution in [0.5, 0.6) is 0 Å². The van der Waals surface area contributed by atoms with E-state index in [-0.39, 0.29) is 13.2 Å². The number of amides is 2. The van der Waals surface area contributed by atoms with E-state index in [1.807, 2.05) is 0 Å². The minimum Gasteiger partial charge on any atom is -0.447 e. The molecule has 2 aromatic heterocycles. The lowest BCUT2D eigenvalue weighted by Crippen LogP contribution is -2.28. The number of rotatable bonds is 8. The van der Waals surface area contributed by atoms with Gasteiger partial charge in [-0.2, -0.15) is 0 Å². The number of nitrogens with one attached hydrogen (secondary N) is 2. The van der Waals surface area contributed by atoms with Crippen LogP contribution >= 0.6 is 0 Å². The lowest BCUT2D eigenvalue weighted by Gasteiger charge is -2.06. The molecule has 0 atom stereocenters. The fraction of sp³-hybridized carbons (Fsp3) is 0.200. The Morgan fingerprint density at radius 3 is 1.53 bits per heavy atom. The summed E-state index contributed by atoms with van der Waals surface area (Å²) in [6.07, 6.45) is 3.32. The Balaban J connectivity index is 1.53. The van der Waals surface area contributed by atoms with Gasteiger partial charge >= 0.3 is 24.1 Å². The predicted octanol–water partition coefficient (Wildman–Crippen LogP) is 1.19. The first-order valence-corrected chi connectivity index (χ1v) is 9.28. The summed E-state index contributed by atoms with van der Waals surface area (Å²) in [5.74, 6) is -2.16. The van der Waals surface area contributed by atoms with Crippen LogP contribution in [0.1, 0.15) is 11.4 Å². The number of hydrogen-bond donors (Lipinski definition) is 2. The Labute approximate surface area is 182 Å². The van der Waals surface area contributed by atoms with Crippen LogP contribution in [0.4, 0.5) is 9.59 Å². The van der Waals surface area contributed by atoms with Crippen LogP contribution in [0.3, 0.4) is 0 Å². The lowest BCUT2D eigenvalue weighted by molar-refractivity contribution is -0.146. The highest BCUT2D eigenvalue weighted by atomic mass is 16.7. The Morgan fingerprint density at radius 2 is 1.16 bits per heavy atom. The van der Waals surface area contributed by atoms with Crippen molar-refractivity contribution in [3.8, 4) is 0 Å². The van der Waals surface area contributed by atoms with Crippen molar-refractivity contribution in [2.45, 2.75) is 12.8 Å². The van der Waals surface area contributed by atoms with Crippen LogP contribution in [-0.4, -0.2) is 47.3 Å². The molecule has 0 spiro atoms. The molecule has 12 nitrogen and oxygen atoms in total. The minimum atomic E-state index is -1.08. The maximum Gasteiger partial charge on any atom is 0.440 e. The first-order chi connectivity index (χ1) is 15.5. The molecule has 0 unspecified atom stereocenters. The summed E-state index contributed by atoms with van der Waals surface area (Å²) >= 11 is 0. The van der Waals surface area contributed by atoms with Gasteiger partial charge in [0.15, 0.2) is 0 Å². The molecule has 0 saturated heterocycles. The van der Waals surface area contributed by atoms with E-state index in [2.05, 4.69) is 19.6 Å². The molecule has 0 aliphatic carbocycles. The first kappa shape index (κ1) is 23.8. The number of carbonyl (C=O) groups is 4. The van der Waals surface area contributed by atoms with E-state index < -0.39 is 24.1 Å². The second-order valence-corrected chi connectivity index (χ2v) is 5.79. The molecule has 12 heteroatoms. The van der Waals surface area contributed by atoms with Crippen molar-refractivity contribution in [3.63, 3.8) is 0 Å². The van der Waals surface area contributed by atoms with Gasteiger partial charge in [0.1, 0.15) is 0 Å². The Kier molecular flexibility index (Phi) is 10.2. The van der Waals surface area contributed by atoms with Gasteiger partial charge in [-0.25, -0.2) is 19.2 Å². The van der Waals surface area contributed by atoms with Gasteiger partial charge in [0.2, 0.25) is 0 Å². The summed E-state index contributed by atoms with van der Waals surface area (Å²) in [4.78, 5) is 62.6. The number of hydrogen-bond acceptors (Lipinski definition) is 10. The number of pyridine rings is 2. The van der Waals surface area contributed by atoms with Crippen LogP contribution in [0.25, 0.3) is 0 Å². The molecule has 2 amide bonds. The molecule has 0 aliphatic heterocycles. The highest BCUT2D eigenvalue weighted by Crippen LogP contribution is 1.96. The molecule has 0 radical (unpaired) electrons. The zero-order chi connectivity index (χ0) is 23.0. The van der Waals surface area contributed by atoms with Gasteiger partial charge in [-0.3, -0.25) is 9.97 Å². The Hall–Kier alpha value is -4.48. The molecule has 0 aromatic carbocycles. The molecule has 32 heavy (non-hydrogen) atoms. The minimum absolute atomic E-state index is 0.0200. The van der Waals surface area contributed by atoms with Gasteiger partial charge in [0.25, 0.3) is 0 Å². The van der Waals surface area contributed by atoms with E-state index in [4.69, 9.17) is 9.47 Å². The van der Waals surface area contributed by atoms with E-state index in [1.54, 1.807) is 59.8 Å². The number of aromatic nitrogens is 2. The van der Waals surface area contributed by atoms with Crippen LogP contribution < -0.4 is 11.0 Å². The largest absolute Gasteiger partial charge is 0.447 e. The molecule has 168 valence electrons. The summed E-state index contributed by atoms with van der Waals surface area (Å²) in [7, 11) is 0. The molecule has 2 aromatic rings. The molecule has 2 rings (SSSR count). The second-order valence-electron chi connectivity index (χ2n) is 5.79. The first-order valence-electron chi connectivity index (χ1n) is 9.28. The molecule has 2 N–H and O–H groups in total. The summed E-state index contributed by atoms with van der Waals surface area (Å²) in [5, 5.41) is 0. The third-order valence-corrected chi connectivity index (χ3v) is 3.46. The fourth-order valence-corrected chi connectivity index (χ4v) is 2.04. The number of ether oxygens (including phenoxy) is 2. The molecular weight excluding hydrogens is 424 g/mol. The van der Waals surface area contributed by atoms with Gasteiger partial charge in [-0.15, -0.1) is 11.0 Å². The van der Waals surface area contributed by atoms with Crippen LogP contribution in [-0.2, 0) is 41.6 Å². The number of hydroxylamine groups is 2. The van der Waals surface area contributed by atoms with Crippen LogP contribution in [0.2, 0.25) is 0 Å². The van der Waals surface area contributed by atoms with Crippen molar-refractivity contribution in [1.82, 2.24) is 20.9 Å².